The van der Waals surface area contributed by atoms with E-state index in [1.807, 2.05) is 19.1 Å². The second-order valence-corrected chi connectivity index (χ2v) is 6.53. The first-order valence-electron chi connectivity index (χ1n) is 8.12. The largest absolute Gasteiger partial charge is 0.493 e. The number of thiazole rings is 1. The maximum atomic E-state index is 12.7. The Morgan fingerprint density at radius 2 is 1.92 bits per heavy atom. The number of hydrogen-bond acceptors (Lipinski definition) is 6. The number of carbonyl (C=O) groups excluding carboxylic acids is 1. The van der Waals surface area contributed by atoms with Crippen molar-refractivity contribution in [1.29, 1.82) is 0 Å². The molecule has 0 atom stereocenters. The molecule has 0 aliphatic carbocycles. The minimum Gasteiger partial charge on any atom is -0.493 e. The van der Waals surface area contributed by atoms with Gasteiger partial charge in [-0.3, -0.25) is 9.59 Å². The van der Waals surface area contributed by atoms with Crippen LogP contribution in [0.25, 0.3) is 10.6 Å². The van der Waals surface area contributed by atoms with Gasteiger partial charge in [-0.2, -0.15) is 0 Å². The van der Waals surface area contributed by atoms with Gasteiger partial charge in [0.15, 0.2) is 11.5 Å². The smallest absolute Gasteiger partial charge is 0.305 e. The molecule has 1 N–H and O–H groups in total. The molecule has 1 amide bonds. The van der Waals surface area contributed by atoms with Crippen LogP contribution in [-0.4, -0.2) is 54.2 Å². The second-order valence-electron chi connectivity index (χ2n) is 5.53. The number of carboxylic acids is 1. The average Bonchev–Trinajstić information content (AvgIpc) is 3.02. The molecule has 140 valence electrons. The fourth-order valence-corrected chi connectivity index (χ4v) is 3.50. The van der Waals surface area contributed by atoms with Crippen molar-refractivity contribution in [2.45, 2.75) is 20.3 Å². The van der Waals surface area contributed by atoms with Gasteiger partial charge < -0.3 is 19.5 Å². The number of carboxylic acid groups (broad SMARTS) is 1. The minimum absolute atomic E-state index is 0.0834. The van der Waals surface area contributed by atoms with Gasteiger partial charge in [-0.15, -0.1) is 11.3 Å². The van der Waals surface area contributed by atoms with E-state index in [-0.39, 0.29) is 18.9 Å². The Morgan fingerprint density at radius 3 is 2.50 bits per heavy atom. The number of rotatable bonds is 8. The number of aryl methyl sites for hydroxylation is 1. The van der Waals surface area contributed by atoms with Crippen LogP contribution >= 0.6 is 11.3 Å². The van der Waals surface area contributed by atoms with Crippen LogP contribution in [-0.2, 0) is 4.79 Å². The second kappa shape index (κ2) is 8.66. The molecule has 0 aliphatic heterocycles. The summed E-state index contributed by atoms with van der Waals surface area (Å²) in [7, 11) is 3.13. The van der Waals surface area contributed by atoms with Crippen LogP contribution in [0.1, 0.15) is 28.7 Å². The topological polar surface area (TPSA) is 89.0 Å². The number of carbonyl (C=O) groups is 2. The number of benzene rings is 1. The zero-order valence-electron chi connectivity index (χ0n) is 15.2. The van der Waals surface area contributed by atoms with Crippen LogP contribution in [0, 0.1) is 6.92 Å². The van der Waals surface area contributed by atoms with E-state index in [0.29, 0.717) is 33.6 Å². The summed E-state index contributed by atoms with van der Waals surface area (Å²) >= 11 is 1.29. The van der Waals surface area contributed by atoms with Gasteiger partial charge >= 0.3 is 5.97 Å². The summed E-state index contributed by atoms with van der Waals surface area (Å²) in [5, 5.41) is 9.54. The van der Waals surface area contributed by atoms with Crippen molar-refractivity contribution >= 4 is 23.2 Å². The standard InChI is InChI=1S/C18H22N2O5S/c1-5-20(9-8-15(21)22)18(23)16-11(2)19-17(26-16)12-6-7-13(24-3)14(10-12)25-4/h6-7,10H,5,8-9H2,1-4H3,(H,21,22). The molecule has 7 nitrogen and oxygen atoms in total. The Morgan fingerprint density at radius 1 is 1.23 bits per heavy atom. The summed E-state index contributed by atoms with van der Waals surface area (Å²) in [6.45, 7) is 4.22. The normalized spacial score (nSPS) is 10.5. The van der Waals surface area contributed by atoms with Gasteiger partial charge in [-0.05, 0) is 32.0 Å². The van der Waals surface area contributed by atoms with Crippen molar-refractivity contribution in [2.75, 3.05) is 27.3 Å². The van der Waals surface area contributed by atoms with E-state index in [4.69, 9.17) is 14.6 Å². The molecule has 0 fully saturated rings. The van der Waals surface area contributed by atoms with Crippen molar-refractivity contribution < 1.29 is 24.2 Å². The van der Waals surface area contributed by atoms with Gasteiger partial charge in [0.2, 0.25) is 0 Å². The molecule has 0 aliphatic rings. The first kappa shape index (κ1) is 19.7. The average molecular weight is 378 g/mol. The highest BCUT2D eigenvalue weighted by Gasteiger charge is 2.22. The molecular formula is C18H22N2O5S. The highest BCUT2D eigenvalue weighted by atomic mass is 32.1. The summed E-state index contributed by atoms with van der Waals surface area (Å²) in [6.07, 6.45) is -0.0834. The van der Waals surface area contributed by atoms with Crippen molar-refractivity contribution in [3.8, 4) is 22.1 Å². The fraction of sp³-hybridized carbons (Fsp3) is 0.389. The van der Waals surface area contributed by atoms with Gasteiger partial charge in [0.05, 0.1) is 26.3 Å². The number of aliphatic carboxylic acids is 1. The first-order valence-corrected chi connectivity index (χ1v) is 8.93. The van der Waals surface area contributed by atoms with Crippen molar-refractivity contribution in [1.82, 2.24) is 9.88 Å². The van der Waals surface area contributed by atoms with Crippen molar-refractivity contribution in [3.05, 3.63) is 28.8 Å². The lowest BCUT2D eigenvalue weighted by molar-refractivity contribution is -0.137. The summed E-state index contributed by atoms with van der Waals surface area (Å²) in [5.74, 6) is 0.0767. The summed E-state index contributed by atoms with van der Waals surface area (Å²) in [5.41, 5.74) is 1.45. The predicted octanol–water partition coefficient (Wildman–Crippen LogP) is 3.07. The minimum atomic E-state index is -0.928. The van der Waals surface area contributed by atoms with E-state index >= 15 is 0 Å². The van der Waals surface area contributed by atoms with Gasteiger partial charge in [0.25, 0.3) is 5.91 Å². The van der Waals surface area contributed by atoms with E-state index in [2.05, 4.69) is 4.98 Å². The number of ether oxygens (including phenoxy) is 2. The molecule has 0 unspecified atom stereocenters. The van der Waals surface area contributed by atoms with Crippen LogP contribution in [0.2, 0.25) is 0 Å². The highest BCUT2D eigenvalue weighted by Crippen LogP contribution is 2.35. The van der Waals surface area contributed by atoms with E-state index < -0.39 is 5.97 Å². The molecule has 0 bridgehead atoms. The summed E-state index contributed by atoms with van der Waals surface area (Å²) < 4.78 is 10.5. The molecule has 0 radical (unpaired) electrons. The highest BCUT2D eigenvalue weighted by molar-refractivity contribution is 7.17. The zero-order valence-corrected chi connectivity index (χ0v) is 16.1. The molecule has 1 heterocycles. The van der Waals surface area contributed by atoms with Gasteiger partial charge in [0, 0.05) is 18.7 Å². The van der Waals surface area contributed by atoms with E-state index in [0.717, 1.165) is 5.56 Å². The van der Waals surface area contributed by atoms with Gasteiger partial charge in [0.1, 0.15) is 9.88 Å². The van der Waals surface area contributed by atoms with Crippen LogP contribution in [0.4, 0.5) is 0 Å². The quantitative estimate of drug-likeness (QED) is 0.759. The van der Waals surface area contributed by atoms with E-state index in [1.165, 1.54) is 16.2 Å². The zero-order chi connectivity index (χ0) is 19.3. The molecule has 1 aromatic carbocycles. The van der Waals surface area contributed by atoms with Crippen LogP contribution in [0.5, 0.6) is 11.5 Å². The van der Waals surface area contributed by atoms with E-state index in [9.17, 15) is 9.59 Å². The third-order valence-corrected chi connectivity index (χ3v) is 5.08. The maximum Gasteiger partial charge on any atom is 0.305 e. The molecular weight excluding hydrogens is 356 g/mol. The van der Waals surface area contributed by atoms with Crippen LogP contribution in [0.15, 0.2) is 18.2 Å². The molecule has 0 saturated carbocycles. The van der Waals surface area contributed by atoms with Gasteiger partial charge in [-0.25, -0.2) is 4.98 Å². The van der Waals surface area contributed by atoms with Crippen molar-refractivity contribution in [3.63, 3.8) is 0 Å². The molecule has 1 aromatic heterocycles. The predicted molar refractivity (Wildman–Crippen MR) is 99.2 cm³/mol. The monoisotopic (exact) mass is 378 g/mol. The fourth-order valence-electron chi connectivity index (χ4n) is 2.47. The van der Waals surface area contributed by atoms with Crippen LogP contribution < -0.4 is 9.47 Å². The summed E-state index contributed by atoms with van der Waals surface area (Å²) in [4.78, 5) is 30.1. The Hall–Kier alpha value is -2.61. The van der Waals surface area contributed by atoms with Crippen LogP contribution in [0.3, 0.4) is 0 Å². The van der Waals surface area contributed by atoms with Crippen molar-refractivity contribution in [2.24, 2.45) is 0 Å². The Kier molecular flexibility index (Phi) is 6.57. The molecule has 0 spiro atoms. The number of aromatic nitrogens is 1. The number of methoxy groups -OCH3 is 2. The lowest BCUT2D eigenvalue weighted by atomic mass is 10.2. The lowest BCUT2D eigenvalue weighted by Gasteiger charge is -2.19. The molecule has 8 heteroatoms. The summed E-state index contributed by atoms with van der Waals surface area (Å²) in [6, 6.07) is 5.46. The number of hydrogen-bond donors (Lipinski definition) is 1. The number of nitrogens with zero attached hydrogens (tertiary/aromatic N) is 2. The third kappa shape index (κ3) is 4.32. The Bertz CT molecular complexity index is 803. The molecule has 0 saturated heterocycles. The number of amides is 1. The van der Waals surface area contributed by atoms with E-state index in [1.54, 1.807) is 27.2 Å². The molecule has 2 rings (SSSR count). The lowest BCUT2D eigenvalue weighted by Crippen LogP contribution is -2.32. The third-order valence-electron chi connectivity index (χ3n) is 3.89. The maximum absolute atomic E-state index is 12.7. The SMILES string of the molecule is CCN(CCC(=O)O)C(=O)c1sc(-c2ccc(OC)c(OC)c2)nc1C. The molecule has 2 aromatic rings. The Labute approximate surface area is 156 Å². The first-order chi connectivity index (χ1) is 12.4. The Balaban J connectivity index is 2.30. The van der Waals surface area contributed by atoms with Gasteiger partial charge in [-0.1, -0.05) is 0 Å². The molecule has 26 heavy (non-hydrogen) atoms.